The third-order valence-corrected chi connectivity index (χ3v) is 3.90. The molecule has 0 bridgehead atoms. The van der Waals surface area contributed by atoms with E-state index >= 15 is 0 Å². The van der Waals surface area contributed by atoms with Gasteiger partial charge in [0.05, 0.1) is 11.7 Å². The number of likely N-dealkylation sites (N-methyl/N-ethyl adjacent to an activating group) is 1. The van der Waals surface area contributed by atoms with Crippen molar-refractivity contribution in [1.29, 1.82) is 0 Å². The molecule has 0 saturated heterocycles. The molecule has 0 N–H and O–H groups in total. The monoisotopic (exact) mass is 343 g/mol. The van der Waals surface area contributed by atoms with Gasteiger partial charge in [0.25, 0.3) is 0 Å². The fraction of sp³-hybridized carbons (Fsp3) is 0.167. The number of hydrogen-bond donors (Lipinski definition) is 0. The smallest absolute Gasteiger partial charge is 0.244 e. The summed E-state index contributed by atoms with van der Waals surface area (Å²) < 4.78 is 28.1. The highest BCUT2D eigenvalue weighted by atomic mass is 19.1. The molecule has 0 fully saturated rings. The molecule has 3 aromatic rings. The number of fused-ring (bicyclic) bond motifs is 1. The average Bonchev–Trinajstić information content (AvgIpc) is 2.60. The summed E-state index contributed by atoms with van der Waals surface area (Å²) in [6.07, 6.45) is 1.16. The van der Waals surface area contributed by atoms with E-state index in [0.717, 1.165) is 18.3 Å². The maximum Gasteiger partial charge on any atom is 0.244 e. The lowest BCUT2D eigenvalue weighted by Gasteiger charge is -2.19. The van der Waals surface area contributed by atoms with Gasteiger partial charge in [0, 0.05) is 30.6 Å². The van der Waals surface area contributed by atoms with E-state index in [9.17, 15) is 18.4 Å². The Morgan fingerprint density at radius 1 is 1.20 bits per heavy atom. The topological polar surface area (TPSA) is 55.2 Å². The molecule has 2 aromatic carbocycles. The molecule has 0 saturated carbocycles. The highest BCUT2D eigenvalue weighted by Crippen LogP contribution is 2.13. The van der Waals surface area contributed by atoms with Crippen molar-refractivity contribution in [3.63, 3.8) is 0 Å². The highest BCUT2D eigenvalue weighted by Gasteiger charge is 2.14. The standard InChI is InChI=1S/C18H15F2N3O2/c1-22(10-12-6-7-13(19)8-15(12)20)18(25)11-23-16-5-3-2-4-14(16)17(24)9-21-23/h2-9H,10-11H2,1H3. The van der Waals surface area contributed by atoms with Gasteiger partial charge < -0.3 is 4.90 Å². The number of carbonyl (C=O) groups excluding carboxylic acids is 1. The van der Waals surface area contributed by atoms with Crippen LogP contribution in [0.2, 0.25) is 0 Å². The number of aromatic nitrogens is 2. The molecule has 0 aliphatic carbocycles. The zero-order valence-electron chi connectivity index (χ0n) is 13.4. The van der Waals surface area contributed by atoms with Crippen molar-refractivity contribution in [3.8, 4) is 0 Å². The molecule has 0 radical (unpaired) electrons. The van der Waals surface area contributed by atoms with Crippen LogP contribution >= 0.6 is 0 Å². The summed E-state index contributed by atoms with van der Waals surface area (Å²) in [6.45, 7) is -0.0941. The minimum Gasteiger partial charge on any atom is -0.340 e. The second-order valence-electron chi connectivity index (χ2n) is 5.67. The Labute approximate surface area is 142 Å². The number of rotatable bonds is 4. The van der Waals surface area contributed by atoms with Crippen molar-refractivity contribution < 1.29 is 13.6 Å². The molecular formula is C18H15F2N3O2. The molecule has 1 amide bonds. The Hall–Kier alpha value is -3.09. The molecule has 1 aromatic heterocycles. The van der Waals surface area contributed by atoms with Gasteiger partial charge in [-0.1, -0.05) is 18.2 Å². The fourth-order valence-corrected chi connectivity index (χ4v) is 2.53. The maximum absolute atomic E-state index is 13.7. The molecule has 0 atom stereocenters. The van der Waals surface area contributed by atoms with E-state index in [2.05, 4.69) is 5.10 Å². The van der Waals surface area contributed by atoms with E-state index in [1.165, 1.54) is 22.7 Å². The van der Waals surface area contributed by atoms with E-state index in [-0.39, 0.29) is 30.0 Å². The van der Waals surface area contributed by atoms with Crippen molar-refractivity contribution in [3.05, 3.63) is 76.1 Å². The van der Waals surface area contributed by atoms with Gasteiger partial charge >= 0.3 is 0 Å². The fourth-order valence-electron chi connectivity index (χ4n) is 2.53. The van der Waals surface area contributed by atoms with Crippen molar-refractivity contribution >= 4 is 16.8 Å². The molecule has 0 aliphatic heterocycles. The summed E-state index contributed by atoms with van der Waals surface area (Å²) in [6, 6.07) is 10.1. The molecule has 0 spiro atoms. The van der Waals surface area contributed by atoms with Crippen molar-refractivity contribution in [1.82, 2.24) is 14.7 Å². The first-order chi connectivity index (χ1) is 12.0. The van der Waals surface area contributed by atoms with Gasteiger partial charge in [-0.25, -0.2) is 8.78 Å². The molecule has 3 rings (SSSR count). The summed E-state index contributed by atoms with van der Waals surface area (Å²) in [5.74, 6) is -1.68. The Kier molecular flexibility index (Phi) is 4.56. The number of amides is 1. The Morgan fingerprint density at radius 2 is 1.96 bits per heavy atom. The molecule has 1 heterocycles. The van der Waals surface area contributed by atoms with Gasteiger partial charge in [0.1, 0.15) is 18.2 Å². The van der Waals surface area contributed by atoms with Crippen LogP contribution < -0.4 is 5.43 Å². The highest BCUT2D eigenvalue weighted by molar-refractivity contribution is 5.81. The van der Waals surface area contributed by atoms with Crippen LogP contribution in [-0.2, 0) is 17.9 Å². The van der Waals surface area contributed by atoms with E-state index in [1.54, 1.807) is 24.3 Å². The van der Waals surface area contributed by atoms with Gasteiger partial charge in [-0.05, 0) is 18.2 Å². The first kappa shape index (κ1) is 16.8. The zero-order chi connectivity index (χ0) is 18.0. The van der Waals surface area contributed by atoms with Crippen LogP contribution in [0, 0.1) is 11.6 Å². The van der Waals surface area contributed by atoms with E-state index in [4.69, 9.17) is 0 Å². The van der Waals surface area contributed by atoms with E-state index in [0.29, 0.717) is 10.9 Å². The Balaban J connectivity index is 1.80. The minimum absolute atomic E-state index is 0.00305. The first-order valence-electron chi connectivity index (χ1n) is 7.58. The van der Waals surface area contributed by atoms with E-state index in [1.807, 2.05) is 0 Å². The molecule has 25 heavy (non-hydrogen) atoms. The number of carbonyl (C=O) groups is 1. The molecule has 7 heteroatoms. The van der Waals surface area contributed by atoms with Crippen LogP contribution in [0.5, 0.6) is 0 Å². The minimum atomic E-state index is -0.702. The molecule has 0 aliphatic rings. The quantitative estimate of drug-likeness (QED) is 0.731. The number of para-hydroxylation sites is 1. The lowest BCUT2D eigenvalue weighted by molar-refractivity contribution is -0.131. The SMILES string of the molecule is CN(Cc1ccc(F)cc1F)C(=O)Cn1ncc(=O)c2ccccc21. The lowest BCUT2D eigenvalue weighted by Crippen LogP contribution is -2.31. The van der Waals surface area contributed by atoms with Crippen molar-refractivity contribution in [2.24, 2.45) is 0 Å². The Bertz CT molecular complexity index is 1000. The Morgan fingerprint density at radius 3 is 2.72 bits per heavy atom. The molecular weight excluding hydrogens is 328 g/mol. The molecule has 5 nitrogen and oxygen atoms in total. The van der Waals surface area contributed by atoms with Crippen LogP contribution in [0.3, 0.4) is 0 Å². The average molecular weight is 343 g/mol. The summed E-state index contributed by atoms with van der Waals surface area (Å²) in [4.78, 5) is 25.6. The lowest BCUT2D eigenvalue weighted by atomic mass is 10.2. The maximum atomic E-state index is 13.7. The third kappa shape index (κ3) is 3.55. The van der Waals surface area contributed by atoms with E-state index < -0.39 is 11.6 Å². The van der Waals surface area contributed by atoms with Crippen molar-refractivity contribution in [2.75, 3.05) is 7.05 Å². The summed E-state index contributed by atoms with van der Waals surface area (Å²) in [5, 5.41) is 4.47. The second kappa shape index (κ2) is 6.80. The number of halogens is 2. The predicted molar refractivity (Wildman–Crippen MR) is 88.8 cm³/mol. The van der Waals surface area contributed by atoms with Crippen LogP contribution in [-0.4, -0.2) is 27.6 Å². The molecule has 128 valence electrons. The second-order valence-corrected chi connectivity index (χ2v) is 5.67. The number of nitrogens with zero attached hydrogens (tertiary/aromatic N) is 3. The zero-order valence-corrected chi connectivity index (χ0v) is 13.4. The normalized spacial score (nSPS) is 10.8. The van der Waals surface area contributed by atoms with Crippen LogP contribution in [0.15, 0.2) is 53.5 Å². The van der Waals surface area contributed by atoms with Gasteiger partial charge in [0.2, 0.25) is 11.3 Å². The summed E-state index contributed by atoms with van der Waals surface area (Å²) >= 11 is 0. The largest absolute Gasteiger partial charge is 0.340 e. The third-order valence-electron chi connectivity index (χ3n) is 3.90. The predicted octanol–water partition coefficient (Wildman–Crippen LogP) is 2.33. The number of hydrogen-bond acceptors (Lipinski definition) is 3. The summed E-state index contributed by atoms with van der Waals surface area (Å²) in [7, 11) is 1.52. The summed E-state index contributed by atoms with van der Waals surface area (Å²) in [5.41, 5.74) is 0.542. The van der Waals surface area contributed by atoms with Crippen LogP contribution in [0.1, 0.15) is 5.56 Å². The van der Waals surface area contributed by atoms with Crippen LogP contribution in [0.25, 0.3) is 10.9 Å². The van der Waals surface area contributed by atoms with Crippen molar-refractivity contribution in [2.45, 2.75) is 13.1 Å². The molecule has 0 unspecified atom stereocenters. The van der Waals surface area contributed by atoms with Gasteiger partial charge in [-0.3, -0.25) is 14.3 Å². The first-order valence-corrected chi connectivity index (χ1v) is 7.58. The van der Waals surface area contributed by atoms with Gasteiger partial charge in [-0.15, -0.1) is 0 Å². The van der Waals surface area contributed by atoms with Gasteiger partial charge in [-0.2, -0.15) is 5.10 Å². The van der Waals surface area contributed by atoms with Crippen LogP contribution in [0.4, 0.5) is 8.78 Å². The number of benzene rings is 2. The van der Waals surface area contributed by atoms with Gasteiger partial charge in [0.15, 0.2) is 0 Å².